The smallest absolute Gasteiger partial charge is 0.0327 e. The van der Waals surface area contributed by atoms with Crippen LogP contribution >= 0.6 is 0 Å². The lowest BCUT2D eigenvalue weighted by atomic mass is 9.91. The average molecular weight is 209 g/mol. The van der Waals surface area contributed by atoms with Gasteiger partial charge in [-0.3, -0.25) is 0 Å². The third kappa shape index (κ3) is 11.2. The Labute approximate surface area is 95.7 Å². The van der Waals surface area contributed by atoms with E-state index >= 15 is 0 Å². The van der Waals surface area contributed by atoms with Gasteiger partial charge >= 0.3 is 0 Å². The largest absolute Gasteiger partial charge is 0.385 e. The van der Waals surface area contributed by atoms with Crippen molar-refractivity contribution in [3.8, 4) is 0 Å². The van der Waals surface area contributed by atoms with Crippen molar-refractivity contribution in [2.24, 2.45) is 10.8 Å². The fourth-order valence-corrected chi connectivity index (χ4v) is 1.32. The van der Waals surface area contributed by atoms with Gasteiger partial charge in [0.15, 0.2) is 0 Å². The first-order valence-electron chi connectivity index (χ1n) is 5.69. The highest BCUT2D eigenvalue weighted by atomic mass is 14.9. The fraction of sp³-hybridized carbons (Fsp3) is 0.714. The molecule has 0 aliphatic heterocycles. The molecule has 88 valence electrons. The normalized spacial score (nSPS) is 13.2. The molecule has 0 fully saturated rings. The molecule has 0 unspecified atom stereocenters. The van der Waals surface area contributed by atoms with Gasteiger partial charge in [0.25, 0.3) is 0 Å². The van der Waals surface area contributed by atoms with Crippen molar-refractivity contribution in [3.05, 3.63) is 24.4 Å². The van der Waals surface area contributed by atoms with E-state index in [1.165, 1.54) is 0 Å². The summed E-state index contributed by atoms with van der Waals surface area (Å²) in [6.45, 7) is 18.2. The molecule has 0 saturated heterocycles. The van der Waals surface area contributed by atoms with Gasteiger partial charge in [0.05, 0.1) is 0 Å². The number of nitrogens with one attached hydrogen (secondary N) is 1. The zero-order valence-electron chi connectivity index (χ0n) is 11.3. The van der Waals surface area contributed by atoms with Crippen molar-refractivity contribution in [2.75, 3.05) is 6.54 Å². The highest BCUT2D eigenvalue weighted by molar-refractivity contribution is 5.00. The van der Waals surface area contributed by atoms with Gasteiger partial charge in [0.2, 0.25) is 0 Å². The molecular weight excluding hydrogens is 182 g/mol. The molecule has 0 spiro atoms. The number of hydrogen-bond acceptors (Lipinski definition) is 1. The molecule has 0 heterocycles. The lowest BCUT2D eigenvalue weighted by Gasteiger charge is -2.20. The minimum absolute atomic E-state index is 0.271. The van der Waals surface area contributed by atoms with Gasteiger partial charge in [0.1, 0.15) is 0 Å². The molecular formula is C14H27N. The van der Waals surface area contributed by atoms with Crippen LogP contribution in [0.3, 0.4) is 0 Å². The topological polar surface area (TPSA) is 12.0 Å². The summed E-state index contributed by atoms with van der Waals surface area (Å²) in [4.78, 5) is 0. The Morgan fingerprint density at radius 1 is 1.13 bits per heavy atom. The van der Waals surface area contributed by atoms with Crippen LogP contribution in [0.25, 0.3) is 0 Å². The molecule has 0 radical (unpaired) electrons. The van der Waals surface area contributed by atoms with Crippen LogP contribution < -0.4 is 5.32 Å². The van der Waals surface area contributed by atoms with Crippen molar-refractivity contribution in [3.63, 3.8) is 0 Å². The van der Waals surface area contributed by atoms with E-state index in [1.807, 2.05) is 0 Å². The van der Waals surface area contributed by atoms with Crippen LogP contribution in [0.5, 0.6) is 0 Å². The van der Waals surface area contributed by atoms with Gasteiger partial charge in [-0.25, -0.2) is 0 Å². The summed E-state index contributed by atoms with van der Waals surface area (Å²) in [5, 5.41) is 3.33. The lowest BCUT2D eigenvalue weighted by molar-refractivity contribution is 0.400. The minimum atomic E-state index is 0.271. The Morgan fingerprint density at radius 3 is 2.07 bits per heavy atom. The molecule has 0 aromatic carbocycles. The Morgan fingerprint density at radius 2 is 1.67 bits per heavy atom. The standard InChI is InChI=1S/C14H27N/c1-12(11-14(5,6)7)15-10-8-9-13(2,3)4/h8-9,15H,1,10-11H2,2-7H3/b9-8+. The first kappa shape index (κ1) is 14.3. The van der Waals surface area contributed by atoms with Crippen molar-refractivity contribution in [1.29, 1.82) is 0 Å². The van der Waals surface area contributed by atoms with Crippen LogP contribution in [0.4, 0.5) is 0 Å². The van der Waals surface area contributed by atoms with Gasteiger partial charge < -0.3 is 5.32 Å². The molecule has 0 aromatic rings. The van der Waals surface area contributed by atoms with Gasteiger partial charge in [-0.2, -0.15) is 0 Å². The van der Waals surface area contributed by atoms with Crippen LogP contribution in [0.1, 0.15) is 48.0 Å². The zero-order valence-corrected chi connectivity index (χ0v) is 11.3. The van der Waals surface area contributed by atoms with Crippen LogP contribution in [0, 0.1) is 10.8 Å². The van der Waals surface area contributed by atoms with E-state index in [0.717, 1.165) is 18.7 Å². The zero-order chi connectivity index (χ0) is 12.1. The summed E-state index contributed by atoms with van der Waals surface area (Å²) in [7, 11) is 0. The predicted molar refractivity (Wildman–Crippen MR) is 69.8 cm³/mol. The third-order valence-corrected chi connectivity index (χ3v) is 1.83. The maximum atomic E-state index is 4.03. The molecule has 0 aliphatic rings. The first-order valence-corrected chi connectivity index (χ1v) is 5.69. The first-order chi connectivity index (χ1) is 6.60. The summed E-state index contributed by atoms with van der Waals surface area (Å²) in [6, 6.07) is 0. The molecule has 1 N–H and O–H groups in total. The molecule has 0 saturated carbocycles. The van der Waals surface area contributed by atoms with Crippen LogP contribution in [0.2, 0.25) is 0 Å². The second-order valence-electron chi connectivity index (χ2n) is 6.49. The lowest BCUT2D eigenvalue weighted by Crippen LogP contribution is -2.18. The molecule has 0 amide bonds. The van der Waals surface area contributed by atoms with Crippen molar-refractivity contribution in [2.45, 2.75) is 48.0 Å². The van der Waals surface area contributed by atoms with E-state index in [0.29, 0.717) is 5.41 Å². The quantitative estimate of drug-likeness (QED) is 0.687. The SMILES string of the molecule is C=C(CC(C)(C)C)NC/C=C/C(C)(C)C. The van der Waals surface area contributed by atoms with Crippen molar-refractivity contribution >= 4 is 0 Å². The average Bonchev–Trinajstić information content (AvgIpc) is 1.92. The summed E-state index contributed by atoms with van der Waals surface area (Å²) in [5.74, 6) is 0. The Hall–Kier alpha value is -0.720. The summed E-state index contributed by atoms with van der Waals surface area (Å²) in [5.41, 5.74) is 1.71. The van der Waals surface area contributed by atoms with Gasteiger partial charge in [-0.05, 0) is 17.3 Å². The monoisotopic (exact) mass is 209 g/mol. The van der Waals surface area contributed by atoms with E-state index in [4.69, 9.17) is 0 Å². The van der Waals surface area contributed by atoms with Crippen LogP contribution in [0.15, 0.2) is 24.4 Å². The van der Waals surface area contributed by atoms with Crippen molar-refractivity contribution < 1.29 is 0 Å². The van der Waals surface area contributed by atoms with E-state index in [1.54, 1.807) is 0 Å². The van der Waals surface area contributed by atoms with E-state index < -0.39 is 0 Å². The maximum Gasteiger partial charge on any atom is 0.0327 e. The summed E-state index contributed by atoms with van der Waals surface area (Å²) < 4.78 is 0. The van der Waals surface area contributed by atoms with E-state index in [2.05, 4.69) is 65.6 Å². The Bertz CT molecular complexity index is 223. The Kier molecular flexibility index (Phi) is 5.13. The summed E-state index contributed by atoms with van der Waals surface area (Å²) in [6.07, 6.45) is 5.43. The van der Waals surface area contributed by atoms with E-state index in [-0.39, 0.29) is 5.41 Å². The molecule has 0 aliphatic carbocycles. The number of allylic oxidation sites excluding steroid dienone is 2. The van der Waals surface area contributed by atoms with Crippen LogP contribution in [-0.4, -0.2) is 6.54 Å². The van der Waals surface area contributed by atoms with E-state index in [9.17, 15) is 0 Å². The van der Waals surface area contributed by atoms with Gasteiger partial charge in [0, 0.05) is 12.2 Å². The molecule has 15 heavy (non-hydrogen) atoms. The highest BCUT2D eigenvalue weighted by Crippen LogP contribution is 2.21. The Balaban J connectivity index is 3.79. The van der Waals surface area contributed by atoms with Crippen LogP contribution in [-0.2, 0) is 0 Å². The molecule has 1 nitrogen and oxygen atoms in total. The van der Waals surface area contributed by atoms with Gasteiger partial charge in [-0.1, -0.05) is 60.3 Å². The fourth-order valence-electron chi connectivity index (χ4n) is 1.32. The van der Waals surface area contributed by atoms with Crippen molar-refractivity contribution in [1.82, 2.24) is 5.32 Å². The second kappa shape index (κ2) is 5.39. The second-order valence-corrected chi connectivity index (χ2v) is 6.49. The minimum Gasteiger partial charge on any atom is -0.385 e. The summed E-state index contributed by atoms with van der Waals surface area (Å²) >= 11 is 0. The number of hydrogen-bond donors (Lipinski definition) is 1. The molecule has 0 atom stereocenters. The highest BCUT2D eigenvalue weighted by Gasteiger charge is 2.11. The molecule has 0 aromatic heterocycles. The predicted octanol–water partition coefficient (Wildman–Crippen LogP) is 4.13. The third-order valence-electron chi connectivity index (χ3n) is 1.83. The molecule has 1 heteroatoms. The maximum absolute atomic E-state index is 4.03. The van der Waals surface area contributed by atoms with Gasteiger partial charge in [-0.15, -0.1) is 0 Å². The molecule has 0 rings (SSSR count). The molecule has 0 bridgehead atoms. The number of rotatable bonds is 4.